The monoisotopic (exact) mass is 392 g/mol. The van der Waals surface area contributed by atoms with E-state index in [4.69, 9.17) is 4.74 Å². The molecule has 27 heavy (non-hydrogen) atoms. The van der Waals surface area contributed by atoms with E-state index in [1.807, 2.05) is 0 Å². The third-order valence-electron chi connectivity index (χ3n) is 3.95. The van der Waals surface area contributed by atoms with E-state index in [1.165, 1.54) is 11.9 Å². The van der Waals surface area contributed by atoms with Crippen molar-refractivity contribution >= 4 is 12.1 Å². The lowest BCUT2D eigenvalue weighted by atomic mass is 10.1. The first kappa shape index (κ1) is 20.7. The summed E-state index contributed by atoms with van der Waals surface area (Å²) in [6, 6.07) is 1.34. The first-order valence-corrected chi connectivity index (χ1v) is 8.16. The smallest absolute Gasteiger partial charge is 0.373 e. The van der Waals surface area contributed by atoms with Gasteiger partial charge in [0.25, 0.3) is 0 Å². The molecule has 1 aliphatic rings. The van der Waals surface area contributed by atoms with Gasteiger partial charge in [-0.1, -0.05) is 6.07 Å². The number of halogens is 4. The molecule has 1 fully saturated rings. The molecule has 7 nitrogen and oxygen atoms in total. The summed E-state index contributed by atoms with van der Waals surface area (Å²) >= 11 is 0. The molecule has 1 aliphatic heterocycles. The van der Waals surface area contributed by atoms with Gasteiger partial charge >= 0.3 is 18.2 Å². The Morgan fingerprint density at radius 2 is 2.04 bits per heavy atom. The highest BCUT2D eigenvalue weighted by atomic mass is 19.4. The quantitative estimate of drug-likeness (QED) is 0.682. The fourth-order valence-corrected chi connectivity index (χ4v) is 2.57. The number of carbonyl (C=O) groups excluding carboxylic acids is 2. The third-order valence-corrected chi connectivity index (χ3v) is 3.95. The number of rotatable bonds is 4. The first-order chi connectivity index (χ1) is 12.7. The Balaban J connectivity index is 1.93. The maximum Gasteiger partial charge on any atom is 0.416 e. The average molecular weight is 392 g/mol. The Morgan fingerprint density at radius 3 is 2.70 bits per heavy atom. The fourth-order valence-electron chi connectivity index (χ4n) is 2.57. The zero-order chi connectivity index (χ0) is 20.0. The van der Waals surface area contributed by atoms with Crippen molar-refractivity contribution in [1.29, 1.82) is 0 Å². The molecule has 2 rings (SSSR count). The van der Waals surface area contributed by atoms with Crippen molar-refractivity contribution < 1.29 is 31.9 Å². The molecule has 1 saturated heterocycles. The molecule has 1 aromatic rings. The van der Waals surface area contributed by atoms with E-state index >= 15 is 0 Å². The van der Waals surface area contributed by atoms with Crippen molar-refractivity contribution in [2.45, 2.75) is 18.8 Å². The van der Waals surface area contributed by atoms with Gasteiger partial charge in [-0.25, -0.2) is 14.0 Å². The molecule has 1 atom stereocenters. The molecular formula is C16H20F4N4O3. The number of hydrogen-bond donors (Lipinski definition) is 3. The van der Waals surface area contributed by atoms with Crippen LogP contribution in [0, 0.1) is 5.82 Å². The lowest BCUT2D eigenvalue weighted by Crippen LogP contribution is -2.52. The molecular weight excluding hydrogens is 372 g/mol. The van der Waals surface area contributed by atoms with Gasteiger partial charge in [0, 0.05) is 26.7 Å². The second kappa shape index (κ2) is 8.89. The minimum Gasteiger partial charge on any atom is -0.373 e. The van der Waals surface area contributed by atoms with Crippen LogP contribution in [0.15, 0.2) is 18.2 Å². The van der Waals surface area contributed by atoms with Crippen LogP contribution in [0.1, 0.15) is 11.1 Å². The number of ether oxygens (including phenoxy) is 1. The van der Waals surface area contributed by atoms with E-state index < -0.39 is 42.3 Å². The second-order valence-electron chi connectivity index (χ2n) is 5.86. The number of alkyl halides is 3. The largest absolute Gasteiger partial charge is 0.416 e. The Kier molecular flexibility index (Phi) is 6.83. The highest BCUT2D eigenvalue weighted by molar-refractivity contribution is 5.74. The second-order valence-corrected chi connectivity index (χ2v) is 5.86. The van der Waals surface area contributed by atoms with Gasteiger partial charge in [0.2, 0.25) is 0 Å². The predicted octanol–water partition coefficient (Wildman–Crippen LogP) is 1.68. The molecule has 1 aromatic carbocycles. The minimum absolute atomic E-state index is 0.172. The molecule has 4 amide bonds. The fraction of sp³-hybridized carbons (Fsp3) is 0.500. The van der Waals surface area contributed by atoms with E-state index in [-0.39, 0.29) is 31.8 Å². The predicted molar refractivity (Wildman–Crippen MR) is 87.4 cm³/mol. The average Bonchev–Trinajstić information content (AvgIpc) is 2.64. The zero-order valence-electron chi connectivity index (χ0n) is 14.5. The van der Waals surface area contributed by atoms with Gasteiger partial charge in [-0.05, 0) is 17.7 Å². The zero-order valence-corrected chi connectivity index (χ0v) is 14.5. The highest BCUT2D eigenvalue weighted by Gasteiger charge is 2.34. The van der Waals surface area contributed by atoms with Gasteiger partial charge in [0.1, 0.15) is 5.82 Å². The Morgan fingerprint density at radius 1 is 1.30 bits per heavy atom. The van der Waals surface area contributed by atoms with Crippen LogP contribution in [-0.2, 0) is 17.5 Å². The number of nitrogens with zero attached hydrogens (tertiary/aromatic N) is 1. The van der Waals surface area contributed by atoms with Crippen molar-refractivity contribution in [1.82, 2.24) is 20.9 Å². The van der Waals surface area contributed by atoms with Crippen LogP contribution in [0.4, 0.5) is 27.2 Å². The highest BCUT2D eigenvalue weighted by Crippen LogP contribution is 2.32. The molecule has 0 radical (unpaired) electrons. The van der Waals surface area contributed by atoms with Gasteiger partial charge in [0.05, 0.1) is 24.8 Å². The maximum absolute atomic E-state index is 13.1. The molecule has 0 bridgehead atoms. The van der Waals surface area contributed by atoms with Gasteiger partial charge in [0.15, 0.2) is 0 Å². The summed E-state index contributed by atoms with van der Waals surface area (Å²) in [6.07, 6.45) is -5.16. The molecule has 150 valence electrons. The summed E-state index contributed by atoms with van der Waals surface area (Å²) in [5, 5.41) is 7.34. The van der Waals surface area contributed by atoms with Gasteiger partial charge < -0.3 is 25.6 Å². The normalized spacial score (nSPS) is 17.4. The van der Waals surface area contributed by atoms with Crippen LogP contribution in [-0.4, -0.2) is 56.4 Å². The van der Waals surface area contributed by atoms with Crippen LogP contribution in [0.25, 0.3) is 0 Å². The van der Waals surface area contributed by atoms with Crippen molar-refractivity contribution in [2.75, 3.05) is 33.3 Å². The van der Waals surface area contributed by atoms with Crippen molar-refractivity contribution in [3.05, 3.63) is 35.1 Å². The van der Waals surface area contributed by atoms with Crippen molar-refractivity contribution in [2.24, 2.45) is 0 Å². The van der Waals surface area contributed by atoms with E-state index in [1.54, 1.807) is 0 Å². The molecule has 1 heterocycles. The molecule has 11 heteroatoms. The molecule has 0 saturated carbocycles. The summed E-state index contributed by atoms with van der Waals surface area (Å²) in [4.78, 5) is 24.8. The number of nitrogens with one attached hydrogen (secondary N) is 3. The van der Waals surface area contributed by atoms with E-state index in [0.717, 1.165) is 12.1 Å². The molecule has 0 aliphatic carbocycles. The Labute approximate surface area is 153 Å². The van der Waals surface area contributed by atoms with E-state index in [9.17, 15) is 27.2 Å². The first-order valence-electron chi connectivity index (χ1n) is 8.16. The van der Waals surface area contributed by atoms with Crippen LogP contribution < -0.4 is 16.0 Å². The summed E-state index contributed by atoms with van der Waals surface area (Å²) in [5.41, 5.74) is -1.36. The number of urea groups is 2. The van der Waals surface area contributed by atoms with Crippen LogP contribution in [0.2, 0.25) is 0 Å². The number of amides is 4. The summed E-state index contributed by atoms with van der Waals surface area (Å²) in [6.45, 7) is 0.452. The topological polar surface area (TPSA) is 82.7 Å². The minimum atomic E-state index is -4.72. The van der Waals surface area contributed by atoms with Crippen molar-refractivity contribution in [3.8, 4) is 0 Å². The van der Waals surface area contributed by atoms with Crippen LogP contribution >= 0.6 is 0 Å². The number of hydrogen-bond acceptors (Lipinski definition) is 3. The molecule has 0 spiro atoms. The van der Waals surface area contributed by atoms with Crippen molar-refractivity contribution in [3.63, 3.8) is 0 Å². The van der Waals surface area contributed by atoms with Crippen LogP contribution in [0.5, 0.6) is 0 Å². The SMILES string of the molecule is CNC(=O)NCC1CN(C(=O)NCc2ccc(F)cc2C(F)(F)F)CCO1. The Hall–Kier alpha value is -2.56. The lowest BCUT2D eigenvalue weighted by Gasteiger charge is -2.33. The van der Waals surface area contributed by atoms with Gasteiger partial charge in [-0.15, -0.1) is 0 Å². The number of carbonyl (C=O) groups is 2. The van der Waals surface area contributed by atoms with Gasteiger partial charge in [-0.3, -0.25) is 0 Å². The summed E-state index contributed by atoms with van der Waals surface area (Å²) < 4.78 is 57.5. The third kappa shape index (κ3) is 5.98. The standard InChI is InChI=1S/C16H20F4N4O3/c1-21-14(25)22-8-12-9-24(4-5-27-12)15(26)23-7-10-2-3-11(17)6-13(10)16(18,19)20/h2-3,6,12H,4-5,7-9H2,1H3,(H,23,26)(H2,21,22,25). The Bertz CT molecular complexity index is 684. The molecule has 0 aromatic heterocycles. The molecule has 1 unspecified atom stereocenters. The summed E-state index contributed by atoms with van der Waals surface area (Å²) in [7, 11) is 1.46. The van der Waals surface area contributed by atoms with E-state index in [0.29, 0.717) is 6.07 Å². The molecule has 3 N–H and O–H groups in total. The maximum atomic E-state index is 13.1. The lowest BCUT2D eigenvalue weighted by molar-refractivity contribution is -0.138. The number of morpholine rings is 1. The van der Waals surface area contributed by atoms with E-state index in [2.05, 4.69) is 16.0 Å². The number of benzene rings is 1. The summed E-state index contributed by atoms with van der Waals surface area (Å²) in [5.74, 6) is -1.00. The van der Waals surface area contributed by atoms with Gasteiger partial charge in [-0.2, -0.15) is 13.2 Å². The van der Waals surface area contributed by atoms with Crippen LogP contribution in [0.3, 0.4) is 0 Å².